The zero-order chi connectivity index (χ0) is 17.4. The fraction of sp³-hybridized carbons (Fsp3) is 0.737. The van der Waals surface area contributed by atoms with Crippen LogP contribution < -0.4 is 0 Å². The predicted octanol–water partition coefficient (Wildman–Crippen LogP) is 3.08. The summed E-state index contributed by atoms with van der Waals surface area (Å²) in [5, 5.41) is 8.31. The van der Waals surface area contributed by atoms with E-state index in [0.717, 1.165) is 43.9 Å². The Bertz CT molecular complexity index is 524. The highest BCUT2D eigenvalue weighted by molar-refractivity contribution is 5.95. The van der Waals surface area contributed by atoms with Crippen LogP contribution in [-0.2, 0) is 6.42 Å². The number of amides is 1. The van der Waals surface area contributed by atoms with Gasteiger partial charge in [-0.15, -0.1) is 0 Å². The number of nitrogens with zero attached hydrogens (tertiary/aromatic N) is 4. The maximum absolute atomic E-state index is 13.0. The van der Waals surface area contributed by atoms with Crippen LogP contribution in [0.1, 0.15) is 67.7 Å². The standard InChI is InChI=1S/C19H32N4O/c1-4-10-23(14-13-22-11-8-6-7-9-12-22)19(24)18-15-17(5-2)21-20-16(18)3/h15H,4-14H2,1-3H3. The molecule has 1 aliphatic rings. The molecule has 0 unspecified atom stereocenters. The predicted molar refractivity (Wildman–Crippen MR) is 97.2 cm³/mol. The second-order valence-corrected chi connectivity index (χ2v) is 6.74. The number of likely N-dealkylation sites (tertiary alicyclic amines) is 1. The summed E-state index contributed by atoms with van der Waals surface area (Å²) >= 11 is 0. The summed E-state index contributed by atoms with van der Waals surface area (Å²) in [6, 6.07) is 1.92. The van der Waals surface area contributed by atoms with E-state index in [1.165, 1.54) is 38.8 Å². The van der Waals surface area contributed by atoms with Crippen molar-refractivity contribution in [1.82, 2.24) is 20.0 Å². The molecular formula is C19H32N4O. The third kappa shape index (κ3) is 5.26. The number of aryl methyl sites for hydroxylation is 2. The third-order valence-electron chi connectivity index (χ3n) is 4.79. The Morgan fingerprint density at radius 3 is 2.46 bits per heavy atom. The van der Waals surface area contributed by atoms with E-state index >= 15 is 0 Å². The zero-order valence-electron chi connectivity index (χ0n) is 15.6. The molecule has 0 saturated carbocycles. The van der Waals surface area contributed by atoms with Crippen LogP contribution in [0, 0.1) is 6.92 Å². The molecule has 1 fully saturated rings. The Morgan fingerprint density at radius 2 is 1.83 bits per heavy atom. The Morgan fingerprint density at radius 1 is 1.12 bits per heavy atom. The van der Waals surface area contributed by atoms with E-state index in [9.17, 15) is 4.79 Å². The number of aromatic nitrogens is 2. The van der Waals surface area contributed by atoms with Gasteiger partial charge in [-0.1, -0.05) is 26.7 Å². The molecule has 0 aliphatic carbocycles. The Kier molecular flexibility index (Phi) is 7.63. The van der Waals surface area contributed by atoms with Crippen molar-refractivity contribution in [3.63, 3.8) is 0 Å². The van der Waals surface area contributed by atoms with E-state index in [1.54, 1.807) is 0 Å². The molecule has 0 radical (unpaired) electrons. The second kappa shape index (κ2) is 9.72. The van der Waals surface area contributed by atoms with Crippen LogP contribution in [0.4, 0.5) is 0 Å². The maximum Gasteiger partial charge on any atom is 0.255 e. The summed E-state index contributed by atoms with van der Waals surface area (Å²) in [5.41, 5.74) is 2.33. The monoisotopic (exact) mass is 332 g/mol. The molecule has 0 aromatic carbocycles. The van der Waals surface area contributed by atoms with Gasteiger partial charge in [0.05, 0.1) is 17.0 Å². The van der Waals surface area contributed by atoms with Gasteiger partial charge in [0.2, 0.25) is 0 Å². The van der Waals surface area contributed by atoms with Crippen LogP contribution in [0.15, 0.2) is 6.07 Å². The van der Waals surface area contributed by atoms with Crippen LogP contribution in [0.3, 0.4) is 0 Å². The van der Waals surface area contributed by atoms with E-state index < -0.39 is 0 Å². The van der Waals surface area contributed by atoms with Gasteiger partial charge in [-0.3, -0.25) is 4.79 Å². The minimum atomic E-state index is 0.105. The van der Waals surface area contributed by atoms with Crippen molar-refractivity contribution >= 4 is 5.91 Å². The summed E-state index contributed by atoms with van der Waals surface area (Å²) < 4.78 is 0. The molecule has 0 spiro atoms. The van der Waals surface area contributed by atoms with E-state index in [0.29, 0.717) is 5.56 Å². The normalized spacial score (nSPS) is 16.0. The first-order valence-corrected chi connectivity index (χ1v) is 9.50. The summed E-state index contributed by atoms with van der Waals surface area (Å²) in [4.78, 5) is 17.5. The lowest BCUT2D eigenvalue weighted by molar-refractivity contribution is 0.0734. The highest BCUT2D eigenvalue weighted by atomic mass is 16.2. The molecule has 2 rings (SSSR count). The van der Waals surface area contributed by atoms with E-state index in [-0.39, 0.29) is 5.91 Å². The summed E-state index contributed by atoms with van der Waals surface area (Å²) in [6.45, 7) is 11.0. The first-order chi connectivity index (χ1) is 11.7. The van der Waals surface area contributed by atoms with Gasteiger partial charge in [0.25, 0.3) is 5.91 Å². The zero-order valence-corrected chi connectivity index (χ0v) is 15.6. The van der Waals surface area contributed by atoms with E-state index in [4.69, 9.17) is 0 Å². The van der Waals surface area contributed by atoms with Crippen molar-refractivity contribution < 1.29 is 4.79 Å². The number of hydrogen-bond donors (Lipinski definition) is 0. The molecule has 24 heavy (non-hydrogen) atoms. The molecule has 1 aromatic rings. The summed E-state index contributed by atoms with van der Waals surface area (Å²) in [6.07, 6.45) is 7.04. The maximum atomic E-state index is 13.0. The van der Waals surface area contributed by atoms with Crippen LogP contribution in [0.25, 0.3) is 0 Å². The minimum absolute atomic E-state index is 0.105. The van der Waals surface area contributed by atoms with Crippen molar-refractivity contribution in [3.05, 3.63) is 23.0 Å². The first kappa shape index (κ1) is 18.8. The van der Waals surface area contributed by atoms with Crippen LogP contribution in [0.2, 0.25) is 0 Å². The number of carbonyl (C=O) groups is 1. The van der Waals surface area contributed by atoms with Crippen LogP contribution in [0.5, 0.6) is 0 Å². The highest BCUT2D eigenvalue weighted by Crippen LogP contribution is 2.13. The second-order valence-electron chi connectivity index (χ2n) is 6.74. The first-order valence-electron chi connectivity index (χ1n) is 9.50. The van der Waals surface area contributed by atoms with E-state index in [1.807, 2.05) is 24.8 Å². The van der Waals surface area contributed by atoms with Crippen LogP contribution in [-0.4, -0.2) is 58.6 Å². The van der Waals surface area contributed by atoms with Crippen molar-refractivity contribution in [2.24, 2.45) is 0 Å². The Balaban J connectivity index is 2.04. The van der Waals surface area contributed by atoms with Crippen LogP contribution >= 0.6 is 0 Å². The molecule has 0 bridgehead atoms. The van der Waals surface area contributed by atoms with Gasteiger partial charge >= 0.3 is 0 Å². The van der Waals surface area contributed by atoms with Crippen molar-refractivity contribution in [1.29, 1.82) is 0 Å². The average Bonchev–Trinajstić information content (AvgIpc) is 2.87. The number of rotatable bonds is 7. The summed E-state index contributed by atoms with van der Waals surface area (Å²) in [5.74, 6) is 0.105. The van der Waals surface area contributed by atoms with Gasteiger partial charge in [0.1, 0.15) is 0 Å². The van der Waals surface area contributed by atoms with Gasteiger partial charge in [-0.2, -0.15) is 10.2 Å². The van der Waals surface area contributed by atoms with E-state index in [2.05, 4.69) is 22.0 Å². The quantitative estimate of drug-likeness (QED) is 0.770. The van der Waals surface area contributed by atoms with Gasteiger partial charge in [-0.25, -0.2) is 0 Å². The molecule has 0 atom stereocenters. The molecule has 1 aromatic heterocycles. The highest BCUT2D eigenvalue weighted by Gasteiger charge is 2.20. The molecule has 5 heteroatoms. The molecule has 134 valence electrons. The molecule has 1 amide bonds. The molecule has 1 aliphatic heterocycles. The Hall–Kier alpha value is -1.49. The number of carbonyl (C=O) groups excluding carboxylic acids is 1. The molecular weight excluding hydrogens is 300 g/mol. The minimum Gasteiger partial charge on any atom is -0.337 e. The fourth-order valence-electron chi connectivity index (χ4n) is 3.26. The summed E-state index contributed by atoms with van der Waals surface area (Å²) in [7, 11) is 0. The van der Waals surface area contributed by atoms with Gasteiger partial charge in [0, 0.05) is 19.6 Å². The van der Waals surface area contributed by atoms with Crippen molar-refractivity contribution in [2.75, 3.05) is 32.7 Å². The lowest BCUT2D eigenvalue weighted by atomic mass is 10.1. The van der Waals surface area contributed by atoms with Crippen molar-refractivity contribution in [3.8, 4) is 0 Å². The van der Waals surface area contributed by atoms with Gasteiger partial charge in [0.15, 0.2) is 0 Å². The smallest absolute Gasteiger partial charge is 0.255 e. The lowest BCUT2D eigenvalue weighted by Gasteiger charge is -2.27. The fourth-order valence-corrected chi connectivity index (χ4v) is 3.26. The lowest BCUT2D eigenvalue weighted by Crippen LogP contribution is -2.40. The molecule has 1 saturated heterocycles. The Labute approximate surface area is 146 Å². The van der Waals surface area contributed by atoms with Gasteiger partial charge in [-0.05, 0) is 51.8 Å². The van der Waals surface area contributed by atoms with Gasteiger partial charge < -0.3 is 9.80 Å². The molecule has 2 heterocycles. The third-order valence-corrected chi connectivity index (χ3v) is 4.79. The SMILES string of the molecule is CCCN(CCN1CCCCCC1)C(=O)c1cc(CC)nnc1C. The molecule has 0 N–H and O–H groups in total. The van der Waals surface area contributed by atoms with Crippen molar-refractivity contribution in [2.45, 2.75) is 59.3 Å². The topological polar surface area (TPSA) is 49.3 Å². The largest absolute Gasteiger partial charge is 0.337 e. The molecule has 5 nitrogen and oxygen atoms in total. The number of hydrogen-bond acceptors (Lipinski definition) is 4. The average molecular weight is 332 g/mol.